The minimum absolute atomic E-state index is 0.168. The topological polar surface area (TPSA) is 46.9 Å². The fraction of sp³-hybridized carbons (Fsp3) is 0.333. The van der Waals surface area contributed by atoms with Gasteiger partial charge in [0.25, 0.3) is 0 Å². The van der Waals surface area contributed by atoms with Crippen molar-refractivity contribution >= 4 is 5.91 Å². The highest BCUT2D eigenvalue weighted by Crippen LogP contribution is 2.19. The standard InChI is InChI=1S/C15H17F2N3O/c1-10(15-12(16)7-18-8-13(15)17)19-14(21)4-3-11-5-6-20(2)9-11/h5-10H,3-4H2,1-2H3,(H,19,21). The minimum Gasteiger partial charge on any atom is -0.357 e. The van der Waals surface area contributed by atoms with E-state index in [0.29, 0.717) is 6.42 Å². The van der Waals surface area contributed by atoms with Gasteiger partial charge in [0.1, 0.15) is 11.6 Å². The summed E-state index contributed by atoms with van der Waals surface area (Å²) in [5.41, 5.74) is 0.875. The lowest BCUT2D eigenvalue weighted by molar-refractivity contribution is -0.121. The zero-order chi connectivity index (χ0) is 15.4. The van der Waals surface area contributed by atoms with Crippen LogP contribution in [0.2, 0.25) is 0 Å². The molecule has 2 rings (SSSR count). The molecule has 0 spiro atoms. The van der Waals surface area contributed by atoms with E-state index in [1.165, 1.54) is 0 Å². The van der Waals surface area contributed by atoms with Gasteiger partial charge in [0.05, 0.1) is 18.4 Å². The van der Waals surface area contributed by atoms with E-state index in [0.717, 1.165) is 18.0 Å². The second kappa shape index (κ2) is 6.47. The minimum atomic E-state index is -0.758. The summed E-state index contributed by atoms with van der Waals surface area (Å²) in [6.07, 6.45) is 6.55. The lowest BCUT2D eigenvalue weighted by Gasteiger charge is -2.15. The van der Waals surface area contributed by atoms with E-state index in [2.05, 4.69) is 10.3 Å². The van der Waals surface area contributed by atoms with Crippen molar-refractivity contribution in [1.29, 1.82) is 0 Å². The second-order valence-electron chi connectivity index (χ2n) is 4.99. The van der Waals surface area contributed by atoms with Crippen molar-refractivity contribution in [3.8, 4) is 0 Å². The van der Waals surface area contributed by atoms with E-state index in [1.807, 2.05) is 30.1 Å². The molecule has 2 aromatic rings. The first-order chi connectivity index (χ1) is 9.97. The lowest BCUT2D eigenvalue weighted by atomic mass is 10.1. The summed E-state index contributed by atoms with van der Waals surface area (Å²) in [5, 5.41) is 2.60. The van der Waals surface area contributed by atoms with Crippen molar-refractivity contribution < 1.29 is 13.6 Å². The average molecular weight is 293 g/mol. The first-order valence-electron chi connectivity index (χ1n) is 6.66. The molecule has 21 heavy (non-hydrogen) atoms. The number of carbonyl (C=O) groups excluding carboxylic acids is 1. The summed E-state index contributed by atoms with van der Waals surface area (Å²) in [6.45, 7) is 1.54. The number of nitrogens with one attached hydrogen (secondary N) is 1. The van der Waals surface area contributed by atoms with Gasteiger partial charge < -0.3 is 9.88 Å². The molecule has 2 heterocycles. The summed E-state index contributed by atoms with van der Waals surface area (Å²) in [7, 11) is 1.90. The molecule has 0 fully saturated rings. The Bertz CT molecular complexity index is 619. The van der Waals surface area contributed by atoms with Crippen molar-refractivity contribution in [2.75, 3.05) is 0 Å². The smallest absolute Gasteiger partial charge is 0.220 e. The quantitative estimate of drug-likeness (QED) is 0.920. The van der Waals surface area contributed by atoms with E-state index in [4.69, 9.17) is 0 Å². The maximum Gasteiger partial charge on any atom is 0.220 e. The van der Waals surface area contributed by atoms with Crippen molar-refractivity contribution in [2.45, 2.75) is 25.8 Å². The Morgan fingerprint density at radius 3 is 2.62 bits per heavy atom. The van der Waals surface area contributed by atoms with Gasteiger partial charge >= 0.3 is 0 Å². The van der Waals surface area contributed by atoms with E-state index >= 15 is 0 Å². The number of rotatable bonds is 5. The van der Waals surface area contributed by atoms with Gasteiger partial charge in [-0.15, -0.1) is 0 Å². The van der Waals surface area contributed by atoms with Gasteiger partial charge in [-0.3, -0.25) is 9.78 Å². The maximum atomic E-state index is 13.5. The van der Waals surface area contributed by atoms with Gasteiger partial charge in [0, 0.05) is 31.4 Å². The third-order valence-electron chi connectivity index (χ3n) is 3.23. The fourth-order valence-electron chi connectivity index (χ4n) is 2.19. The first kappa shape index (κ1) is 15.2. The number of hydrogen-bond acceptors (Lipinski definition) is 2. The molecule has 6 heteroatoms. The molecular weight excluding hydrogens is 276 g/mol. The van der Waals surface area contributed by atoms with Crippen LogP contribution in [0.3, 0.4) is 0 Å². The highest BCUT2D eigenvalue weighted by atomic mass is 19.1. The molecule has 0 aliphatic carbocycles. The number of hydrogen-bond donors (Lipinski definition) is 1. The molecule has 0 aliphatic heterocycles. The van der Waals surface area contributed by atoms with Crippen LogP contribution in [0.1, 0.15) is 30.5 Å². The van der Waals surface area contributed by atoms with Crippen LogP contribution in [0.15, 0.2) is 30.9 Å². The number of aromatic nitrogens is 2. The van der Waals surface area contributed by atoms with Crippen LogP contribution in [0.5, 0.6) is 0 Å². The summed E-state index contributed by atoms with van der Waals surface area (Å²) in [4.78, 5) is 15.3. The molecule has 2 aromatic heterocycles. The Hall–Kier alpha value is -2.24. The van der Waals surface area contributed by atoms with Crippen LogP contribution in [0.4, 0.5) is 8.78 Å². The molecule has 1 unspecified atom stereocenters. The zero-order valence-electron chi connectivity index (χ0n) is 11.9. The summed E-state index contributed by atoms with van der Waals surface area (Å²) in [5.74, 6) is -1.77. The van der Waals surface area contributed by atoms with E-state index in [9.17, 15) is 13.6 Å². The van der Waals surface area contributed by atoms with Crippen LogP contribution in [0.25, 0.3) is 0 Å². The number of pyridine rings is 1. The van der Waals surface area contributed by atoms with Gasteiger partial charge in [-0.25, -0.2) is 8.78 Å². The van der Waals surface area contributed by atoms with Crippen molar-refractivity contribution in [3.05, 3.63) is 53.6 Å². The monoisotopic (exact) mass is 293 g/mol. The number of aryl methyl sites for hydroxylation is 2. The van der Waals surface area contributed by atoms with Crippen LogP contribution in [-0.2, 0) is 18.3 Å². The molecule has 112 valence electrons. The third kappa shape index (κ3) is 3.87. The summed E-state index contributed by atoms with van der Waals surface area (Å²) >= 11 is 0. The summed E-state index contributed by atoms with van der Waals surface area (Å²) in [6, 6.07) is 1.19. The Balaban J connectivity index is 1.93. The molecule has 0 aliphatic rings. The molecule has 0 saturated carbocycles. The summed E-state index contributed by atoms with van der Waals surface area (Å²) < 4.78 is 29.0. The number of nitrogens with zero attached hydrogens (tertiary/aromatic N) is 2. The molecule has 0 aromatic carbocycles. The van der Waals surface area contributed by atoms with Gasteiger partial charge in [-0.2, -0.15) is 0 Å². The highest BCUT2D eigenvalue weighted by Gasteiger charge is 2.18. The zero-order valence-corrected chi connectivity index (χ0v) is 11.9. The van der Waals surface area contributed by atoms with Gasteiger partial charge in [0.15, 0.2) is 0 Å². The molecule has 1 amide bonds. The highest BCUT2D eigenvalue weighted by molar-refractivity contribution is 5.76. The Morgan fingerprint density at radius 2 is 2.05 bits per heavy atom. The number of amides is 1. The molecule has 0 bridgehead atoms. The molecule has 0 radical (unpaired) electrons. The molecular formula is C15H17F2N3O. The van der Waals surface area contributed by atoms with Gasteiger partial charge in [-0.05, 0) is 25.0 Å². The van der Waals surface area contributed by atoms with Crippen LogP contribution in [0, 0.1) is 11.6 Å². The number of halogens is 2. The van der Waals surface area contributed by atoms with Gasteiger partial charge in [-0.1, -0.05) is 0 Å². The Kier molecular flexibility index (Phi) is 4.67. The Labute approximate surface area is 121 Å². The van der Waals surface area contributed by atoms with E-state index < -0.39 is 17.7 Å². The van der Waals surface area contributed by atoms with E-state index in [-0.39, 0.29) is 17.9 Å². The van der Waals surface area contributed by atoms with Crippen LogP contribution in [-0.4, -0.2) is 15.5 Å². The number of carbonyl (C=O) groups is 1. The van der Waals surface area contributed by atoms with Crippen molar-refractivity contribution in [2.24, 2.45) is 7.05 Å². The third-order valence-corrected chi connectivity index (χ3v) is 3.23. The van der Waals surface area contributed by atoms with Crippen molar-refractivity contribution in [3.63, 3.8) is 0 Å². The van der Waals surface area contributed by atoms with Gasteiger partial charge in [0.2, 0.25) is 5.91 Å². The van der Waals surface area contributed by atoms with Crippen LogP contribution >= 0.6 is 0 Å². The van der Waals surface area contributed by atoms with E-state index in [1.54, 1.807) is 6.92 Å². The van der Waals surface area contributed by atoms with Crippen LogP contribution < -0.4 is 5.32 Å². The fourth-order valence-corrected chi connectivity index (χ4v) is 2.19. The maximum absolute atomic E-state index is 13.5. The average Bonchev–Trinajstić information content (AvgIpc) is 2.82. The first-order valence-corrected chi connectivity index (χ1v) is 6.66. The SMILES string of the molecule is CC(NC(=O)CCc1ccn(C)c1)c1c(F)cncc1F. The molecule has 4 nitrogen and oxygen atoms in total. The Morgan fingerprint density at radius 1 is 1.38 bits per heavy atom. The molecule has 1 atom stereocenters. The predicted octanol–water partition coefficient (Wildman–Crippen LogP) is 2.51. The largest absolute Gasteiger partial charge is 0.357 e. The second-order valence-corrected chi connectivity index (χ2v) is 4.99. The lowest BCUT2D eigenvalue weighted by Crippen LogP contribution is -2.28. The van der Waals surface area contributed by atoms with Crippen molar-refractivity contribution in [1.82, 2.24) is 14.9 Å². The predicted molar refractivity (Wildman–Crippen MR) is 74.4 cm³/mol. The normalized spacial score (nSPS) is 12.2. The molecule has 0 saturated heterocycles. The molecule has 1 N–H and O–H groups in total.